The Hall–Kier alpha value is -2.17. The molecular weight excluding hydrogens is 325 g/mol. The lowest BCUT2D eigenvalue weighted by molar-refractivity contribution is -0.114. The van der Waals surface area contributed by atoms with Crippen LogP contribution in [0.15, 0.2) is 42.5 Å². The summed E-state index contributed by atoms with van der Waals surface area (Å²) in [5, 5.41) is 2.48. The van der Waals surface area contributed by atoms with E-state index in [0.717, 1.165) is 0 Å². The second kappa shape index (κ2) is 5.55. The zero-order valence-electron chi connectivity index (χ0n) is 11.1. The normalized spacial score (nSPS) is 12.9. The minimum Gasteiger partial charge on any atom is -0.323 e. The number of benzene rings is 2. The average molecular weight is 334 g/mol. The topological polar surface area (TPSA) is 63.2 Å². The number of hydrogen-bond donors (Lipinski definition) is 1. The maximum Gasteiger partial charge on any atom is 0.257 e. The Balaban J connectivity index is 2.15. The third-order valence-corrected chi connectivity index (χ3v) is 3.80. The molecule has 0 saturated carbocycles. The first-order chi connectivity index (χ1) is 10.5. The van der Waals surface area contributed by atoms with Crippen LogP contribution in [0, 0.1) is 0 Å². The molecule has 1 aliphatic carbocycles. The summed E-state index contributed by atoms with van der Waals surface area (Å²) in [5.74, 6) is -1.23. The number of hydrogen-bond acceptors (Lipinski definition) is 3. The van der Waals surface area contributed by atoms with E-state index in [2.05, 4.69) is 5.32 Å². The molecule has 0 bridgehead atoms. The average Bonchev–Trinajstić information content (AvgIpc) is 2.52. The van der Waals surface area contributed by atoms with Gasteiger partial charge in [-0.25, -0.2) is 0 Å². The Kier molecular flexibility index (Phi) is 3.72. The summed E-state index contributed by atoms with van der Waals surface area (Å²) in [6, 6.07) is 11.3. The lowest BCUT2D eigenvalue weighted by Crippen LogP contribution is -2.25. The molecule has 110 valence electrons. The summed E-state index contributed by atoms with van der Waals surface area (Å²) in [6.45, 7) is 0. The number of amides is 1. The number of halogens is 2. The summed E-state index contributed by atoms with van der Waals surface area (Å²) in [6.07, 6.45) is 0. The van der Waals surface area contributed by atoms with Crippen LogP contribution in [0.4, 0.5) is 5.69 Å². The zero-order chi connectivity index (χ0) is 15.9. The summed E-state index contributed by atoms with van der Waals surface area (Å²) in [5.41, 5.74) is 1.31. The summed E-state index contributed by atoms with van der Waals surface area (Å²) >= 11 is 11.0. The second-order valence-corrected chi connectivity index (χ2v) is 5.82. The first-order valence-corrected chi connectivity index (χ1v) is 7.28. The summed E-state index contributed by atoms with van der Waals surface area (Å²) in [7, 11) is 0. The Morgan fingerprint density at radius 2 is 1.45 bits per heavy atom. The molecule has 0 heterocycles. The molecule has 0 unspecified atom stereocenters. The van der Waals surface area contributed by atoms with Crippen LogP contribution in [0.2, 0.25) is 0 Å². The number of fused-ring (bicyclic) bond motifs is 2. The summed E-state index contributed by atoms with van der Waals surface area (Å²) < 4.78 is 0. The predicted octanol–water partition coefficient (Wildman–Crippen LogP) is 3.20. The maximum absolute atomic E-state index is 12.7. The van der Waals surface area contributed by atoms with Crippen LogP contribution in [0.3, 0.4) is 0 Å². The van der Waals surface area contributed by atoms with Crippen LogP contribution < -0.4 is 5.32 Å². The quantitative estimate of drug-likeness (QED) is 0.732. The molecule has 1 N–H and O–H groups in total. The molecule has 0 spiro atoms. The van der Waals surface area contributed by atoms with E-state index in [4.69, 9.17) is 23.2 Å². The highest BCUT2D eigenvalue weighted by Crippen LogP contribution is 2.32. The minimum absolute atomic E-state index is 0.161. The molecular formula is C16H9Cl2NO3. The van der Waals surface area contributed by atoms with Gasteiger partial charge in [-0.3, -0.25) is 14.4 Å². The van der Waals surface area contributed by atoms with E-state index < -0.39 is 10.7 Å². The van der Waals surface area contributed by atoms with Gasteiger partial charge in [0, 0.05) is 16.7 Å². The highest BCUT2D eigenvalue weighted by atomic mass is 35.5. The van der Waals surface area contributed by atoms with Crippen LogP contribution >= 0.6 is 23.2 Å². The molecule has 0 aliphatic heterocycles. The number of carbonyl (C=O) groups excluding carboxylic acids is 3. The lowest BCUT2D eigenvalue weighted by Gasteiger charge is -2.20. The van der Waals surface area contributed by atoms with Crippen molar-refractivity contribution in [2.45, 2.75) is 4.84 Å². The van der Waals surface area contributed by atoms with Gasteiger partial charge in [-0.1, -0.05) is 59.6 Å². The molecule has 0 fully saturated rings. The van der Waals surface area contributed by atoms with Crippen molar-refractivity contribution in [2.75, 3.05) is 5.32 Å². The SMILES string of the molecule is O=C1c2ccccc2C(=O)c2c(NC(=O)C(Cl)Cl)cccc21. The van der Waals surface area contributed by atoms with Crippen molar-refractivity contribution in [3.8, 4) is 0 Å². The van der Waals surface area contributed by atoms with Crippen LogP contribution in [0.25, 0.3) is 0 Å². The van der Waals surface area contributed by atoms with Gasteiger partial charge < -0.3 is 5.32 Å². The van der Waals surface area contributed by atoms with Crippen molar-refractivity contribution >= 4 is 46.4 Å². The first kappa shape index (κ1) is 14.8. The first-order valence-electron chi connectivity index (χ1n) is 6.41. The van der Waals surface area contributed by atoms with Gasteiger partial charge in [0.2, 0.25) is 0 Å². The van der Waals surface area contributed by atoms with Crippen LogP contribution in [-0.2, 0) is 4.79 Å². The van der Waals surface area contributed by atoms with Crippen LogP contribution in [-0.4, -0.2) is 22.3 Å². The van der Waals surface area contributed by atoms with Gasteiger partial charge in [-0.05, 0) is 6.07 Å². The van der Waals surface area contributed by atoms with Gasteiger partial charge in [-0.2, -0.15) is 0 Å². The summed E-state index contributed by atoms with van der Waals surface area (Å²) in [4.78, 5) is 35.6. The molecule has 0 atom stereocenters. The van der Waals surface area contributed by atoms with E-state index in [9.17, 15) is 14.4 Å². The third-order valence-electron chi connectivity index (χ3n) is 3.41. The fourth-order valence-electron chi connectivity index (χ4n) is 2.44. The number of rotatable bonds is 2. The molecule has 0 saturated heterocycles. The standard InChI is InChI=1S/C16H9Cl2NO3/c17-15(18)16(22)19-11-7-3-6-10-12(11)14(21)9-5-2-1-4-8(9)13(10)20/h1-7,15H,(H,19,22). The second-order valence-electron chi connectivity index (χ2n) is 4.72. The highest BCUT2D eigenvalue weighted by molar-refractivity contribution is 6.54. The van der Waals surface area contributed by atoms with Crippen molar-refractivity contribution in [1.29, 1.82) is 0 Å². The number of nitrogens with one attached hydrogen (secondary N) is 1. The molecule has 0 aromatic heterocycles. The van der Waals surface area contributed by atoms with Gasteiger partial charge in [0.25, 0.3) is 5.91 Å². The van der Waals surface area contributed by atoms with Gasteiger partial charge in [0.1, 0.15) is 0 Å². The van der Waals surface area contributed by atoms with Crippen LogP contribution in [0.1, 0.15) is 31.8 Å². The molecule has 22 heavy (non-hydrogen) atoms. The van der Waals surface area contributed by atoms with E-state index in [-0.39, 0.29) is 28.4 Å². The third kappa shape index (κ3) is 2.30. The van der Waals surface area contributed by atoms with E-state index in [1.54, 1.807) is 36.4 Å². The predicted molar refractivity (Wildman–Crippen MR) is 83.9 cm³/mol. The molecule has 1 aliphatic rings. The Morgan fingerprint density at radius 3 is 2.09 bits per heavy atom. The van der Waals surface area contributed by atoms with Crippen LogP contribution in [0.5, 0.6) is 0 Å². The Bertz CT molecular complexity index is 815. The van der Waals surface area contributed by atoms with Crippen molar-refractivity contribution in [1.82, 2.24) is 0 Å². The van der Waals surface area contributed by atoms with Gasteiger partial charge >= 0.3 is 0 Å². The molecule has 2 aromatic carbocycles. The molecule has 6 heteroatoms. The number of alkyl halides is 2. The van der Waals surface area contributed by atoms with E-state index in [1.165, 1.54) is 6.07 Å². The number of anilines is 1. The number of carbonyl (C=O) groups is 3. The molecule has 0 radical (unpaired) electrons. The van der Waals surface area contributed by atoms with E-state index >= 15 is 0 Å². The minimum atomic E-state index is -1.27. The zero-order valence-corrected chi connectivity index (χ0v) is 12.6. The van der Waals surface area contributed by atoms with Crippen molar-refractivity contribution < 1.29 is 14.4 Å². The molecule has 3 rings (SSSR count). The smallest absolute Gasteiger partial charge is 0.257 e. The maximum atomic E-state index is 12.7. The highest BCUT2D eigenvalue weighted by Gasteiger charge is 2.31. The van der Waals surface area contributed by atoms with E-state index in [1.807, 2.05) is 0 Å². The largest absolute Gasteiger partial charge is 0.323 e. The Morgan fingerprint density at radius 1 is 0.864 bits per heavy atom. The van der Waals surface area contributed by atoms with Crippen molar-refractivity contribution in [3.05, 3.63) is 64.7 Å². The fraction of sp³-hybridized carbons (Fsp3) is 0.0625. The Labute approximate surface area is 136 Å². The van der Waals surface area contributed by atoms with Gasteiger partial charge in [0.05, 0.1) is 11.3 Å². The van der Waals surface area contributed by atoms with Crippen molar-refractivity contribution in [3.63, 3.8) is 0 Å². The fourth-order valence-corrected chi connectivity index (χ4v) is 2.55. The lowest BCUT2D eigenvalue weighted by atomic mass is 9.83. The monoisotopic (exact) mass is 333 g/mol. The van der Waals surface area contributed by atoms with E-state index in [0.29, 0.717) is 11.1 Å². The molecule has 1 amide bonds. The van der Waals surface area contributed by atoms with Crippen molar-refractivity contribution in [2.24, 2.45) is 0 Å². The molecule has 2 aromatic rings. The molecule has 4 nitrogen and oxygen atoms in total. The van der Waals surface area contributed by atoms with Gasteiger partial charge in [0.15, 0.2) is 16.4 Å². The van der Waals surface area contributed by atoms with Gasteiger partial charge in [-0.15, -0.1) is 0 Å². The number of ketones is 2.